The van der Waals surface area contributed by atoms with E-state index in [1.807, 2.05) is 33.9 Å². The molecule has 21 heavy (non-hydrogen) atoms. The van der Waals surface area contributed by atoms with Crippen LogP contribution in [0.4, 0.5) is 4.39 Å². The first-order valence-electron chi connectivity index (χ1n) is 6.63. The van der Waals surface area contributed by atoms with Gasteiger partial charge in [-0.3, -0.25) is 0 Å². The average molecular weight is 376 g/mol. The summed E-state index contributed by atoms with van der Waals surface area (Å²) in [5.74, 6) is 0. The highest BCUT2D eigenvalue weighted by Crippen LogP contribution is 2.23. The average Bonchev–Trinajstić information content (AvgIpc) is 2.81. The third-order valence-corrected chi connectivity index (χ3v) is 5.28. The lowest BCUT2D eigenvalue weighted by Crippen LogP contribution is -2.34. The first kappa shape index (κ1) is 16.6. The van der Waals surface area contributed by atoms with Crippen molar-refractivity contribution >= 4 is 32.6 Å². The Morgan fingerprint density at radius 1 is 1.48 bits per heavy atom. The van der Waals surface area contributed by atoms with E-state index in [9.17, 15) is 8.60 Å². The minimum atomic E-state index is -1.17. The van der Waals surface area contributed by atoms with Gasteiger partial charge in [0, 0.05) is 18.0 Å². The van der Waals surface area contributed by atoms with Crippen molar-refractivity contribution in [2.75, 3.05) is 0 Å². The molecule has 2 atom stereocenters. The van der Waals surface area contributed by atoms with Gasteiger partial charge in [-0.25, -0.2) is 18.3 Å². The maximum absolute atomic E-state index is 12.8. The number of alkyl halides is 1. The molecule has 7 heteroatoms. The number of halogens is 2. The van der Waals surface area contributed by atoms with Gasteiger partial charge in [-0.1, -0.05) is 0 Å². The van der Waals surface area contributed by atoms with Gasteiger partial charge in [-0.2, -0.15) is 0 Å². The third-order valence-electron chi connectivity index (χ3n) is 3.02. The summed E-state index contributed by atoms with van der Waals surface area (Å²) in [6, 6.07) is 1.56. The first-order valence-corrected chi connectivity index (χ1v) is 8.57. The van der Waals surface area contributed by atoms with Gasteiger partial charge in [0.05, 0.1) is 31.9 Å². The fraction of sp³-hybridized carbons (Fsp3) is 0.500. The third kappa shape index (κ3) is 3.70. The van der Waals surface area contributed by atoms with Crippen molar-refractivity contribution in [3.63, 3.8) is 0 Å². The van der Waals surface area contributed by atoms with Gasteiger partial charge in [0.2, 0.25) is 0 Å². The molecule has 0 radical (unpaired) electrons. The molecule has 0 aliphatic carbocycles. The highest BCUT2D eigenvalue weighted by atomic mass is 79.9. The van der Waals surface area contributed by atoms with E-state index < -0.39 is 17.7 Å². The molecular weight excluding hydrogens is 357 g/mol. The van der Waals surface area contributed by atoms with E-state index >= 15 is 0 Å². The van der Waals surface area contributed by atoms with Crippen LogP contribution in [0.1, 0.15) is 45.0 Å². The molecule has 0 spiro atoms. The Labute approximate surface area is 134 Å². The number of nitrogens with one attached hydrogen (secondary N) is 1. The highest BCUT2D eigenvalue weighted by Gasteiger charge is 2.23. The van der Waals surface area contributed by atoms with Gasteiger partial charge in [-0.05, 0) is 49.7 Å². The van der Waals surface area contributed by atoms with E-state index in [-0.39, 0.29) is 10.8 Å². The van der Waals surface area contributed by atoms with Gasteiger partial charge >= 0.3 is 0 Å². The van der Waals surface area contributed by atoms with E-state index in [1.165, 1.54) is 0 Å². The molecule has 1 N–H and O–H groups in total. The normalized spacial score (nSPS) is 15.3. The number of pyridine rings is 1. The Morgan fingerprint density at radius 2 is 2.14 bits per heavy atom. The smallest absolute Gasteiger partial charge is 0.151 e. The molecule has 0 amide bonds. The van der Waals surface area contributed by atoms with Gasteiger partial charge in [0.25, 0.3) is 0 Å². The highest BCUT2D eigenvalue weighted by molar-refractivity contribution is 9.10. The number of nitrogens with zero attached hydrogens (tertiary/aromatic N) is 2. The van der Waals surface area contributed by atoms with Crippen LogP contribution in [0.5, 0.6) is 0 Å². The lowest BCUT2D eigenvalue weighted by atomic mass is 10.3. The molecule has 0 aliphatic heterocycles. The molecule has 0 aromatic carbocycles. The second kappa shape index (κ2) is 6.14. The van der Waals surface area contributed by atoms with Crippen LogP contribution in [0, 0.1) is 0 Å². The molecule has 2 heterocycles. The van der Waals surface area contributed by atoms with E-state index in [2.05, 4.69) is 25.6 Å². The zero-order valence-corrected chi connectivity index (χ0v) is 14.9. The number of hydrogen-bond acceptors (Lipinski definition) is 2. The lowest BCUT2D eigenvalue weighted by molar-refractivity contribution is 0.484. The Balaban J connectivity index is 2.30. The number of aromatic nitrogens is 2. The summed E-state index contributed by atoms with van der Waals surface area (Å²) >= 11 is 3.40. The predicted octanol–water partition coefficient (Wildman–Crippen LogP) is 3.68. The molecule has 0 fully saturated rings. The van der Waals surface area contributed by atoms with Gasteiger partial charge in [-0.15, -0.1) is 0 Å². The van der Waals surface area contributed by atoms with Gasteiger partial charge in [0.1, 0.15) is 6.67 Å². The quantitative estimate of drug-likeness (QED) is 0.885. The number of rotatable bonds is 4. The van der Waals surface area contributed by atoms with Crippen LogP contribution in [0.15, 0.2) is 22.9 Å². The molecule has 2 aromatic heterocycles. The van der Waals surface area contributed by atoms with Crippen LogP contribution in [0.3, 0.4) is 0 Å². The standard InChI is InChI=1S/C14H19BrFN3OS/c1-9(18-21(20)14(2,3)4)12-8-19-7-10(6-16)5-11(15)13(19)17-12/h5,7-9,18H,6H2,1-4H3/t9-,21-/m1/s1. The predicted molar refractivity (Wildman–Crippen MR) is 87.2 cm³/mol. The summed E-state index contributed by atoms with van der Waals surface area (Å²) in [7, 11) is -1.17. The van der Waals surface area contributed by atoms with E-state index in [1.54, 1.807) is 16.7 Å². The van der Waals surface area contributed by atoms with Crippen molar-refractivity contribution in [2.45, 2.75) is 45.2 Å². The molecule has 0 bridgehead atoms. The molecule has 0 saturated carbocycles. The molecule has 2 aromatic rings. The Hall–Kier alpha value is -0.790. The SMILES string of the molecule is C[C@@H](N[S@](=O)C(C)(C)C)c1cn2cc(CF)cc(Br)c2n1. The van der Waals surface area contributed by atoms with Crippen molar-refractivity contribution in [1.29, 1.82) is 0 Å². The van der Waals surface area contributed by atoms with Crippen LogP contribution in [0.25, 0.3) is 5.65 Å². The Morgan fingerprint density at radius 3 is 2.71 bits per heavy atom. The zero-order chi connectivity index (χ0) is 15.8. The summed E-state index contributed by atoms with van der Waals surface area (Å²) in [5.41, 5.74) is 2.07. The van der Waals surface area contributed by atoms with Gasteiger partial charge < -0.3 is 4.40 Å². The number of hydrogen-bond donors (Lipinski definition) is 1. The number of imidazole rings is 1. The monoisotopic (exact) mass is 375 g/mol. The van der Waals surface area contributed by atoms with Crippen LogP contribution in [-0.4, -0.2) is 18.3 Å². The molecular formula is C14H19BrFN3OS. The summed E-state index contributed by atoms with van der Waals surface area (Å²) < 4.78 is 30.2. The van der Waals surface area contributed by atoms with Crippen molar-refractivity contribution in [1.82, 2.24) is 14.1 Å². The fourth-order valence-corrected chi connectivity index (χ4v) is 3.19. The molecule has 2 rings (SSSR count). The zero-order valence-electron chi connectivity index (χ0n) is 12.5. The molecule has 4 nitrogen and oxygen atoms in total. The summed E-state index contributed by atoms with van der Waals surface area (Å²) in [5, 5.41) is 0. The van der Waals surface area contributed by atoms with E-state index in [0.29, 0.717) is 5.56 Å². The summed E-state index contributed by atoms with van der Waals surface area (Å²) in [6.07, 6.45) is 3.54. The molecule has 0 unspecified atom stereocenters. The minimum Gasteiger partial charge on any atom is -0.305 e. The molecule has 0 aliphatic rings. The topological polar surface area (TPSA) is 46.4 Å². The van der Waals surface area contributed by atoms with Crippen LogP contribution >= 0.6 is 15.9 Å². The molecule has 116 valence electrons. The summed E-state index contributed by atoms with van der Waals surface area (Å²) in [6.45, 7) is 7.13. The van der Waals surface area contributed by atoms with Crippen molar-refractivity contribution in [2.24, 2.45) is 0 Å². The van der Waals surface area contributed by atoms with Crippen molar-refractivity contribution in [3.8, 4) is 0 Å². The fourth-order valence-electron chi connectivity index (χ4n) is 1.81. The van der Waals surface area contributed by atoms with E-state index in [4.69, 9.17) is 0 Å². The van der Waals surface area contributed by atoms with E-state index in [0.717, 1.165) is 15.8 Å². The first-order chi connectivity index (χ1) is 9.72. The van der Waals surface area contributed by atoms with Crippen molar-refractivity contribution in [3.05, 3.63) is 34.2 Å². The largest absolute Gasteiger partial charge is 0.305 e. The minimum absolute atomic E-state index is 0.161. The Kier molecular flexibility index (Phi) is 4.85. The number of fused-ring (bicyclic) bond motifs is 1. The maximum atomic E-state index is 12.8. The Bertz CT molecular complexity index is 681. The van der Waals surface area contributed by atoms with Crippen LogP contribution in [0.2, 0.25) is 0 Å². The van der Waals surface area contributed by atoms with Gasteiger partial charge in [0.15, 0.2) is 5.65 Å². The lowest BCUT2D eigenvalue weighted by Gasteiger charge is -2.20. The van der Waals surface area contributed by atoms with Crippen molar-refractivity contribution < 1.29 is 8.60 Å². The second-order valence-corrected chi connectivity index (χ2v) is 8.80. The maximum Gasteiger partial charge on any atom is 0.151 e. The second-order valence-electron chi connectivity index (χ2n) is 5.95. The summed E-state index contributed by atoms with van der Waals surface area (Å²) in [4.78, 5) is 4.52. The molecule has 0 saturated heterocycles. The van der Waals surface area contributed by atoms with Crippen LogP contribution in [-0.2, 0) is 17.7 Å². The van der Waals surface area contributed by atoms with Crippen LogP contribution < -0.4 is 4.72 Å².